The van der Waals surface area contributed by atoms with E-state index in [0.717, 1.165) is 30.4 Å². The molecule has 3 rings (SSSR count). The molecule has 24 heavy (non-hydrogen) atoms. The van der Waals surface area contributed by atoms with E-state index >= 15 is 0 Å². The van der Waals surface area contributed by atoms with E-state index in [-0.39, 0.29) is 17.8 Å². The van der Waals surface area contributed by atoms with Crippen LogP contribution in [0.15, 0.2) is 36.7 Å². The summed E-state index contributed by atoms with van der Waals surface area (Å²) in [4.78, 5) is 22.0. The second-order valence-electron chi connectivity index (χ2n) is 6.58. The average Bonchev–Trinajstić information content (AvgIpc) is 2.51. The van der Waals surface area contributed by atoms with E-state index in [4.69, 9.17) is 4.74 Å². The predicted molar refractivity (Wildman–Crippen MR) is 93.6 cm³/mol. The van der Waals surface area contributed by atoms with Crippen molar-refractivity contribution in [3.63, 3.8) is 0 Å². The van der Waals surface area contributed by atoms with Gasteiger partial charge in [0.2, 0.25) is 5.95 Å². The number of anilines is 1. The minimum atomic E-state index is 0.162. The molecule has 0 spiro atoms. The number of carbonyl (C=O) groups excluding carboxylic acids is 1. The second kappa shape index (κ2) is 6.99. The second-order valence-corrected chi connectivity index (χ2v) is 6.58. The molecule has 1 aromatic carbocycles. The van der Waals surface area contributed by atoms with Crippen LogP contribution in [0.3, 0.4) is 0 Å². The fourth-order valence-electron chi connectivity index (χ4n) is 2.84. The van der Waals surface area contributed by atoms with Crippen LogP contribution in [-0.2, 0) is 4.79 Å². The molecule has 2 heterocycles. The topological polar surface area (TPSA) is 55.3 Å². The van der Waals surface area contributed by atoms with Gasteiger partial charge in [-0.25, -0.2) is 9.97 Å². The number of hydrogen-bond acceptors (Lipinski definition) is 5. The highest BCUT2D eigenvalue weighted by Crippen LogP contribution is 2.25. The molecule has 5 heteroatoms. The van der Waals surface area contributed by atoms with Gasteiger partial charge in [0, 0.05) is 18.8 Å². The molecule has 1 aromatic heterocycles. The molecular weight excluding hydrogens is 302 g/mol. The first kappa shape index (κ1) is 16.4. The zero-order valence-electron chi connectivity index (χ0n) is 14.4. The Morgan fingerprint density at radius 3 is 2.46 bits per heavy atom. The molecule has 0 radical (unpaired) electrons. The van der Waals surface area contributed by atoms with Crippen molar-refractivity contribution >= 4 is 11.7 Å². The van der Waals surface area contributed by atoms with Crippen LogP contribution in [-0.4, -0.2) is 34.9 Å². The van der Waals surface area contributed by atoms with E-state index in [1.807, 2.05) is 43.6 Å². The largest absolute Gasteiger partial charge is 0.487 e. The Kier molecular flexibility index (Phi) is 4.79. The van der Waals surface area contributed by atoms with Gasteiger partial charge in [0.25, 0.3) is 0 Å². The van der Waals surface area contributed by atoms with Gasteiger partial charge in [0.1, 0.15) is 17.6 Å². The van der Waals surface area contributed by atoms with Crippen molar-refractivity contribution in [2.24, 2.45) is 0 Å². The molecule has 0 N–H and O–H groups in total. The number of hydrogen-bond donors (Lipinski definition) is 0. The first-order valence-electron chi connectivity index (χ1n) is 8.31. The maximum atomic E-state index is 11.2. The number of carbonyl (C=O) groups is 1. The third-order valence-corrected chi connectivity index (χ3v) is 4.24. The lowest BCUT2D eigenvalue weighted by Gasteiger charge is -2.38. The van der Waals surface area contributed by atoms with Crippen LogP contribution in [0.1, 0.15) is 37.3 Å². The number of aryl methyl sites for hydroxylation is 1. The van der Waals surface area contributed by atoms with E-state index < -0.39 is 0 Å². The Labute approximate surface area is 142 Å². The first-order chi connectivity index (χ1) is 11.5. The van der Waals surface area contributed by atoms with Crippen LogP contribution in [0.25, 0.3) is 0 Å². The summed E-state index contributed by atoms with van der Waals surface area (Å²) in [6.45, 7) is 7.28. The molecule has 1 aliphatic heterocycles. The lowest BCUT2D eigenvalue weighted by molar-refractivity contribution is -0.117. The molecule has 1 fully saturated rings. The van der Waals surface area contributed by atoms with Crippen molar-refractivity contribution in [3.8, 4) is 5.75 Å². The molecule has 5 nitrogen and oxygen atoms in total. The summed E-state index contributed by atoms with van der Waals surface area (Å²) in [6.07, 6.45) is 4.40. The molecule has 126 valence electrons. The molecule has 1 aliphatic rings. The van der Waals surface area contributed by atoms with Gasteiger partial charge in [-0.3, -0.25) is 0 Å². The number of nitrogens with zero attached hydrogens (tertiary/aromatic N) is 3. The van der Waals surface area contributed by atoms with Crippen LogP contribution in [0.4, 0.5) is 5.95 Å². The number of ether oxygens (including phenoxy) is 1. The van der Waals surface area contributed by atoms with E-state index in [0.29, 0.717) is 6.42 Å². The Bertz CT molecular complexity index is 692. The standard InChI is InChI=1S/C19H23N3O2/c1-13-9-20-19(21-10-13)22-11-18(12-22)24-17-6-4-16(5-7-17)14(2)8-15(3)23/h4-7,9-10,14,18H,8,11-12H2,1-3H3/t14-/m1/s1. The summed E-state index contributed by atoms with van der Waals surface area (Å²) in [5.74, 6) is 2.09. The molecule has 0 aliphatic carbocycles. The normalized spacial score (nSPS) is 15.7. The van der Waals surface area contributed by atoms with Crippen LogP contribution in [0, 0.1) is 6.92 Å². The van der Waals surface area contributed by atoms with Gasteiger partial charge in [0.05, 0.1) is 13.1 Å². The molecule has 0 unspecified atom stereocenters. The smallest absolute Gasteiger partial charge is 0.225 e. The zero-order valence-corrected chi connectivity index (χ0v) is 14.4. The van der Waals surface area contributed by atoms with Crippen molar-refractivity contribution in [1.82, 2.24) is 9.97 Å². The fourth-order valence-corrected chi connectivity index (χ4v) is 2.84. The first-order valence-corrected chi connectivity index (χ1v) is 8.31. The highest BCUT2D eigenvalue weighted by molar-refractivity contribution is 5.76. The van der Waals surface area contributed by atoms with E-state index in [1.165, 1.54) is 5.56 Å². The van der Waals surface area contributed by atoms with Crippen molar-refractivity contribution < 1.29 is 9.53 Å². The Morgan fingerprint density at radius 1 is 1.25 bits per heavy atom. The maximum absolute atomic E-state index is 11.2. The molecule has 1 saturated heterocycles. The summed E-state index contributed by atoms with van der Waals surface area (Å²) in [5, 5.41) is 0. The summed E-state index contributed by atoms with van der Waals surface area (Å²) in [7, 11) is 0. The molecule has 0 saturated carbocycles. The van der Waals surface area contributed by atoms with Gasteiger partial charge in [-0.2, -0.15) is 0 Å². The van der Waals surface area contributed by atoms with Crippen LogP contribution in [0.5, 0.6) is 5.75 Å². The molecule has 0 bridgehead atoms. The number of rotatable bonds is 6. The fraction of sp³-hybridized carbons (Fsp3) is 0.421. The summed E-state index contributed by atoms with van der Waals surface area (Å²) in [5.41, 5.74) is 2.23. The van der Waals surface area contributed by atoms with Crippen molar-refractivity contribution in [2.45, 2.75) is 39.2 Å². The maximum Gasteiger partial charge on any atom is 0.225 e. The summed E-state index contributed by atoms with van der Waals surface area (Å²) in [6, 6.07) is 8.05. The van der Waals surface area contributed by atoms with Crippen LogP contribution in [0.2, 0.25) is 0 Å². The van der Waals surface area contributed by atoms with Gasteiger partial charge in [0.15, 0.2) is 0 Å². The van der Waals surface area contributed by atoms with Crippen LogP contribution < -0.4 is 9.64 Å². The van der Waals surface area contributed by atoms with Crippen LogP contribution >= 0.6 is 0 Å². The number of aromatic nitrogens is 2. The highest BCUT2D eigenvalue weighted by Gasteiger charge is 2.30. The highest BCUT2D eigenvalue weighted by atomic mass is 16.5. The Hall–Kier alpha value is -2.43. The Morgan fingerprint density at radius 2 is 1.88 bits per heavy atom. The van der Waals surface area contributed by atoms with E-state index in [9.17, 15) is 4.79 Å². The summed E-state index contributed by atoms with van der Waals surface area (Å²) >= 11 is 0. The molecule has 0 amide bonds. The van der Waals surface area contributed by atoms with Crippen molar-refractivity contribution in [1.29, 1.82) is 0 Å². The monoisotopic (exact) mass is 325 g/mol. The third kappa shape index (κ3) is 3.91. The summed E-state index contributed by atoms with van der Waals surface area (Å²) < 4.78 is 5.98. The van der Waals surface area contributed by atoms with Gasteiger partial charge in [-0.15, -0.1) is 0 Å². The number of benzene rings is 1. The lowest BCUT2D eigenvalue weighted by atomic mass is 9.96. The van der Waals surface area contributed by atoms with Gasteiger partial charge >= 0.3 is 0 Å². The van der Waals surface area contributed by atoms with Crippen molar-refractivity contribution in [2.75, 3.05) is 18.0 Å². The van der Waals surface area contributed by atoms with Gasteiger partial charge in [-0.05, 0) is 43.0 Å². The SMILES string of the molecule is CC(=O)C[C@@H](C)c1ccc(OC2CN(c3ncc(C)cn3)C2)cc1. The minimum Gasteiger partial charge on any atom is -0.487 e. The minimum absolute atomic E-state index is 0.162. The number of ketones is 1. The quantitative estimate of drug-likeness (QED) is 0.817. The van der Waals surface area contributed by atoms with E-state index in [1.54, 1.807) is 6.92 Å². The molecular formula is C19H23N3O2. The molecule has 1 atom stereocenters. The number of Topliss-reactive ketones (excluding diaryl/α,β-unsaturated/α-hetero) is 1. The van der Waals surface area contributed by atoms with Crippen molar-refractivity contribution in [3.05, 3.63) is 47.8 Å². The lowest BCUT2D eigenvalue weighted by Crippen LogP contribution is -2.54. The zero-order chi connectivity index (χ0) is 17.1. The average molecular weight is 325 g/mol. The van der Waals surface area contributed by atoms with E-state index in [2.05, 4.69) is 21.8 Å². The Balaban J connectivity index is 1.51. The predicted octanol–water partition coefficient (Wildman–Crippen LogP) is 3.14. The van der Waals surface area contributed by atoms with Gasteiger partial charge in [-0.1, -0.05) is 19.1 Å². The van der Waals surface area contributed by atoms with Gasteiger partial charge < -0.3 is 14.4 Å². The molecule has 2 aromatic rings. The third-order valence-electron chi connectivity index (χ3n) is 4.24.